The van der Waals surface area contributed by atoms with E-state index in [0.717, 1.165) is 0 Å². The van der Waals surface area contributed by atoms with Gasteiger partial charge in [0, 0.05) is 37.3 Å². The van der Waals surface area contributed by atoms with Crippen LogP contribution in [-0.2, 0) is 11.2 Å². The maximum atomic E-state index is 13.0. The van der Waals surface area contributed by atoms with Gasteiger partial charge in [-0.1, -0.05) is 12.1 Å². The van der Waals surface area contributed by atoms with Crippen LogP contribution < -0.4 is 19.5 Å². The van der Waals surface area contributed by atoms with Crippen LogP contribution in [0.25, 0.3) is 0 Å². The van der Waals surface area contributed by atoms with Gasteiger partial charge in [-0.05, 0) is 18.6 Å². The van der Waals surface area contributed by atoms with Crippen molar-refractivity contribution in [3.05, 3.63) is 41.1 Å². The number of nitrogens with one attached hydrogen (secondary N) is 1. The lowest BCUT2D eigenvalue weighted by Crippen LogP contribution is -2.39. The first-order valence-electron chi connectivity index (χ1n) is 9.49. The maximum absolute atomic E-state index is 13.0. The fourth-order valence-electron chi connectivity index (χ4n) is 3.47. The summed E-state index contributed by atoms with van der Waals surface area (Å²) in [7, 11) is 0. The molecule has 2 aliphatic heterocycles. The molecule has 0 saturated carbocycles. The van der Waals surface area contributed by atoms with Crippen LogP contribution in [0, 0.1) is 0 Å². The molecule has 0 saturated heterocycles. The Morgan fingerprint density at radius 2 is 1.50 bits per heavy atom. The van der Waals surface area contributed by atoms with Crippen LogP contribution in [-0.4, -0.2) is 49.5 Å². The summed E-state index contributed by atoms with van der Waals surface area (Å²) in [5.74, 6) is -5.56. The molecule has 1 N–H and O–H groups in total. The van der Waals surface area contributed by atoms with E-state index in [1.165, 1.54) is 0 Å². The highest BCUT2D eigenvalue weighted by Crippen LogP contribution is 2.46. The van der Waals surface area contributed by atoms with Crippen molar-refractivity contribution in [2.75, 3.05) is 19.6 Å². The number of benzene rings is 1. The molecule has 0 aliphatic carbocycles. The van der Waals surface area contributed by atoms with E-state index < -0.39 is 48.3 Å². The lowest BCUT2D eigenvalue weighted by molar-refractivity contribution is -0.293. The summed E-state index contributed by atoms with van der Waals surface area (Å²) < 4.78 is 126. The SMILES string of the molecule is O=C1NCCC2=C1C=CCN2CCc1ccc(OC(F)(F)F)c(OC(F)(F)F)c1OC(F)(F)F. The highest BCUT2D eigenvalue weighted by molar-refractivity contribution is 5.98. The molecular formula is C19H15F9N2O4. The fourth-order valence-corrected chi connectivity index (χ4v) is 3.47. The minimum absolute atomic E-state index is 0.0877. The molecule has 1 aromatic rings. The molecule has 0 aromatic heterocycles. The van der Waals surface area contributed by atoms with Crippen molar-refractivity contribution in [1.29, 1.82) is 0 Å². The fraction of sp³-hybridized carbons (Fsp3) is 0.421. The average molecular weight is 506 g/mol. The van der Waals surface area contributed by atoms with E-state index in [0.29, 0.717) is 36.4 Å². The van der Waals surface area contributed by atoms with Crippen molar-refractivity contribution in [1.82, 2.24) is 10.2 Å². The first-order chi connectivity index (χ1) is 15.6. The molecule has 0 atom stereocenters. The van der Waals surface area contributed by atoms with Crippen LogP contribution in [0.15, 0.2) is 35.6 Å². The number of carbonyl (C=O) groups excluding carboxylic acids is 1. The Kier molecular flexibility index (Phi) is 6.85. The third-order valence-corrected chi connectivity index (χ3v) is 4.66. The zero-order valence-electron chi connectivity index (χ0n) is 16.8. The topological polar surface area (TPSA) is 60.0 Å². The number of carbonyl (C=O) groups is 1. The second kappa shape index (κ2) is 9.18. The highest BCUT2D eigenvalue weighted by atomic mass is 19.4. The molecule has 0 fully saturated rings. The molecule has 2 aliphatic rings. The van der Waals surface area contributed by atoms with E-state index in [2.05, 4.69) is 19.5 Å². The maximum Gasteiger partial charge on any atom is 0.573 e. The van der Waals surface area contributed by atoms with Gasteiger partial charge >= 0.3 is 19.1 Å². The van der Waals surface area contributed by atoms with Crippen LogP contribution in [0.4, 0.5) is 39.5 Å². The number of halogens is 9. The molecule has 0 bridgehead atoms. The smallest absolute Gasteiger partial charge is 0.402 e. The van der Waals surface area contributed by atoms with Crippen LogP contribution in [0.5, 0.6) is 17.2 Å². The minimum Gasteiger partial charge on any atom is -0.402 e. The average Bonchev–Trinajstić information content (AvgIpc) is 2.67. The molecular weight excluding hydrogens is 491 g/mol. The standard InChI is InChI=1S/C19H15F9N2O4/c20-17(21,22)32-13-4-3-10(14(33-18(23,24)25)15(13)34-19(26,27)28)6-9-30-8-1-2-11-12(30)5-7-29-16(11)31/h1-4H,5-9H2,(H,29,31). The van der Waals surface area contributed by atoms with E-state index >= 15 is 0 Å². The summed E-state index contributed by atoms with van der Waals surface area (Å²) in [5, 5.41) is 2.62. The predicted molar refractivity (Wildman–Crippen MR) is 95.6 cm³/mol. The zero-order chi connectivity index (χ0) is 25.3. The Labute approximate surface area is 185 Å². The first kappa shape index (κ1) is 25.4. The second-order valence-electron chi connectivity index (χ2n) is 6.99. The van der Waals surface area contributed by atoms with Crippen molar-refractivity contribution < 1.29 is 58.5 Å². The molecule has 0 unspecified atom stereocenters. The van der Waals surface area contributed by atoms with Crippen molar-refractivity contribution in [2.45, 2.75) is 31.9 Å². The van der Waals surface area contributed by atoms with E-state index in [-0.39, 0.29) is 19.0 Å². The first-order valence-corrected chi connectivity index (χ1v) is 9.49. The molecule has 6 nitrogen and oxygen atoms in total. The minimum atomic E-state index is -5.65. The van der Waals surface area contributed by atoms with Crippen LogP contribution in [0.2, 0.25) is 0 Å². The van der Waals surface area contributed by atoms with E-state index in [1.54, 1.807) is 17.1 Å². The van der Waals surface area contributed by atoms with Gasteiger partial charge < -0.3 is 24.4 Å². The summed E-state index contributed by atoms with van der Waals surface area (Å²) in [6.07, 6.45) is -13.5. The molecule has 15 heteroatoms. The number of ether oxygens (including phenoxy) is 3. The Morgan fingerprint density at radius 3 is 2.12 bits per heavy atom. The Hall–Kier alpha value is -3.26. The van der Waals surface area contributed by atoms with Crippen molar-refractivity contribution in [2.24, 2.45) is 0 Å². The molecule has 1 amide bonds. The molecule has 1 aromatic carbocycles. The summed E-state index contributed by atoms with van der Waals surface area (Å²) >= 11 is 0. The quantitative estimate of drug-likeness (QED) is 0.573. The van der Waals surface area contributed by atoms with E-state index in [4.69, 9.17) is 0 Å². The molecule has 34 heavy (non-hydrogen) atoms. The van der Waals surface area contributed by atoms with Gasteiger partial charge in [-0.3, -0.25) is 4.79 Å². The number of hydrogen-bond donors (Lipinski definition) is 1. The monoisotopic (exact) mass is 506 g/mol. The van der Waals surface area contributed by atoms with Crippen LogP contribution >= 0.6 is 0 Å². The van der Waals surface area contributed by atoms with E-state index in [9.17, 15) is 44.3 Å². The molecule has 3 rings (SSSR count). The molecule has 0 spiro atoms. The van der Waals surface area contributed by atoms with Gasteiger partial charge in [0.2, 0.25) is 5.75 Å². The Balaban J connectivity index is 1.98. The predicted octanol–water partition coefficient (Wildman–Crippen LogP) is 4.57. The third-order valence-electron chi connectivity index (χ3n) is 4.66. The van der Waals surface area contributed by atoms with Gasteiger partial charge in [-0.15, -0.1) is 39.5 Å². The van der Waals surface area contributed by atoms with Crippen LogP contribution in [0.3, 0.4) is 0 Å². The lowest BCUT2D eigenvalue weighted by atomic mass is 10.0. The Morgan fingerprint density at radius 1 is 0.882 bits per heavy atom. The molecule has 188 valence electrons. The van der Waals surface area contributed by atoms with Crippen molar-refractivity contribution in [3.63, 3.8) is 0 Å². The third kappa shape index (κ3) is 6.63. The summed E-state index contributed by atoms with van der Waals surface area (Å²) in [5.41, 5.74) is 0.385. The van der Waals surface area contributed by atoms with Gasteiger partial charge in [0.25, 0.3) is 5.91 Å². The summed E-state index contributed by atoms with van der Waals surface area (Å²) in [4.78, 5) is 13.6. The summed E-state index contributed by atoms with van der Waals surface area (Å²) in [6.45, 7) is 0.468. The number of nitrogens with zero attached hydrogens (tertiary/aromatic N) is 1. The zero-order valence-corrected chi connectivity index (χ0v) is 16.8. The van der Waals surface area contributed by atoms with Crippen LogP contribution in [0.1, 0.15) is 12.0 Å². The number of alkyl halides is 9. The second-order valence-corrected chi connectivity index (χ2v) is 6.99. The van der Waals surface area contributed by atoms with Crippen molar-refractivity contribution >= 4 is 5.91 Å². The Bertz CT molecular complexity index is 997. The normalized spacial score (nSPS) is 16.9. The number of hydrogen-bond acceptors (Lipinski definition) is 5. The number of rotatable bonds is 6. The summed E-state index contributed by atoms with van der Waals surface area (Å²) in [6, 6.07) is 1.12. The largest absolute Gasteiger partial charge is 0.573 e. The van der Waals surface area contributed by atoms with Crippen molar-refractivity contribution in [3.8, 4) is 17.2 Å². The molecule has 2 heterocycles. The van der Waals surface area contributed by atoms with E-state index in [1.807, 2.05) is 0 Å². The van der Waals surface area contributed by atoms with Gasteiger partial charge in [0.05, 0.1) is 5.57 Å². The van der Waals surface area contributed by atoms with Gasteiger partial charge in [-0.25, -0.2) is 0 Å². The highest BCUT2D eigenvalue weighted by Gasteiger charge is 2.42. The van der Waals surface area contributed by atoms with Gasteiger partial charge in [0.1, 0.15) is 0 Å². The number of amides is 1. The van der Waals surface area contributed by atoms with Gasteiger partial charge in [-0.2, -0.15) is 0 Å². The lowest BCUT2D eigenvalue weighted by Gasteiger charge is -2.33. The molecule has 0 radical (unpaired) electrons. The van der Waals surface area contributed by atoms with Gasteiger partial charge in [0.15, 0.2) is 11.5 Å².